The number of anilines is 1. The molecule has 0 aliphatic rings. The molecule has 2 rings (SSSR count). The second-order valence-corrected chi connectivity index (χ2v) is 5.24. The molecule has 2 N–H and O–H groups in total. The topological polar surface area (TPSA) is 66.4 Å². The average molecular weight is 352 g/mol. The van der Waals surface area contributed by atoms with E-state index >= 15 is 0 Å². The summed E-state index contributed by atoms with van der Waals surface area (Å²) in [6, 6.07) is 8.61. The Labute approximate surface area is 128 Å². The Bertz CT molecular complexity index is 731. The molecule has 0 saturated carbocycles. The number of carbonyl (C=O) groups excluding carboxylic acids is 1. The largest absolute Gasteiger partial charge is 0.478 e. The fourth-order valence-corrected chi connectivity index (χ4v) is 2.21. The van der Waals surface area contributed by atoms with E-state index in [1.807, 2.05) is 0 Å². The summed E-state index contributed by atoms with van der Waals surface area (Å²) >= 11 is 3.19. The highest BCUT2D eigenvalue weighted by molar-refractivity contribution is 9.10. The van der Waals surface area contributed by atoms with Gasteiger partial charge in [0.1, 0.15) is 5.82 Å². The van der Waals surface area contributed by atoms with E-state index in [1.54, 1.807) is 19.1 Å². The molecule has 6 heteroatoms. The van der Waals surface area contributed by atoms with Gasteiger partial charge in [-0.3, -0.25) is 4.79 Å². The molecular formula is C15H11BrFNO3. The summed E-state index contributed by atoms with van der Waals surface area (Å²) in [5.41, 5.74) is 0.630. The molecule has 4 nitrogen and oxygen atoms in total. The van der Waals surface area contributed by atoms with Gasteiger partial charge in [0.25, 0.3) is 5.91 Å². The summed E-state index contributed by atoms with van der Waals surface area (Å²) in [4.78, 5) is 23.3. The van der Waals surface area contributed by atoms with Gasteiger partial charge in [0.15, 0.2) is 0 Å². The zero-order chi connectivity index (χ0) is 15.6. The van der Waals surface area contributed by atoms with Crippen LogP contribution in [0.4, 0.5) is 10.1 Å². The standard InChI is InChI=1S/C15H11BrFNO3/c1-8-5-6-9(7-12(8)17)14(19)18-13-10(15(20)21)3-2-4-11(13)16/h2-7H,1H3,(H,18,19)(H,20,21). The van der Waals surface area contributed by atoms with Crippen LogP contribution < -0.4 is 5.32 Å². The number of carboxylic acids is 1. The first-order valence-corrected chi connectivity index (χ1v) is 6.78. The minimum absolute atomic E-state index is 0.0506. The molecule has 0 spiro atoms. The Morgan fingerprint density at radius 1 is 1.24 bits per heavy atom. The lowest BCUT2D eigenvalue weighted by atomic mass is 10.1. The van der Waals surface area contributed by atoms with E-state index in [0.29, 0.717) is 10.0 Å². The van der Waals surface area contributed by atoms with Crippen molar-refractivity contribution in [2.45, 2.75) is 6.92 Å². The first-order valence-electron chi connectivity index (χ1n) is 5.99. The maximum Gasteiger partial charge on any atom is 0.337 e. The van der Waals surface area contributed by atoms with Crippen LogP contribution in [0.1, 0.15) is 26.3 Å². The Kier molecular flexibility index (Phi) is 4.37. The Morgan fingerprint density at radius 3 is 2.57 bits per heavy atom. The van der Waals surface area contributed by atoms with Crippen molar-refractivity contribution < 1.29 is 19.1 Å². The molecule has 0 aliphatic heterocycles. The number of rotatable bonds is 3. The predicted octanol–water partition coefficient (Wildman–Crippen LogP) is 3.85. The predicted molar refractivity (Wildman–Crippen MR) is 80.2 cm³/mol. The molecule has 0 heterocycles. The van der Waals surface area contributed by atoms with Crippen molar-refractivity contribution in [3.8, 4) is 0 Å². The number of halogens is 2. The van der Waals surface area contributed by atoms with Gasteiger partial charge in [0.05, 0.1) is 11.3 Å². The fourth-order valence-electron chi connectivity index (χ4n) is 1.75. The number of benzene rings is 2. The molecule has 0 unspecified atom stereocenters. The highest BCUT2D eigenvalue weighted by Crippen LogP contribution is 2.27. The number of hydrogen-bond acceptors (Lipinski definition) is 2. The number of para-hydroxylation sites is 1. The minimum atomic E-state index is -1.17. The molecule has 0 aliphatic carbocycles. The molecule has 0 atom stereocenters. The maximum atomic E-state index is 13.5. The highest BCUT2D eigenvalue weighted by Gasteiger charge is 2.16. The number of amides is 1. The van der Waals surface area contributed by atoms with Crippen molar-refractivity contribution in [2.24, 2.45) is 0 Å². The van der Waals surface area contributed by atoms with Crippen LogP contribution in [0.2, 0.25) is 0 Å². The molecule has 1 amide bonds. The lowest BCUT2D eigenvalue weighted by Crippen LogP contribution is -2.15. The van der Waals surface area contributed by atoms with E-state index in [2.05, 4.69) is 21.2 Å². The SMILES string of the molecule is Cc1ccc(C(=O)Nc2c(Br)cccc2C(=O)O)cc1F. The summed E-state index contributed by atoms with van der Waals surface area (Å²) < 4.78 is 13.9. The Hall–Kier alpha value is -2.21. The third-order valence-corrected chi connectivity index (χ3v) is 3.58. The first kappa shape index (κ1) is 15.2. The van der Waals surface area contributed by atoms with E-state index in [9.17, 15) is 14.0 Å². The van der Waals surface area contributed by atoms with Gasteiger partial charge >= 0.3 is 5.97 Å². The molecule has 0 aromatic heterocycles. The molecular weight excluding hydrogens is 341 g/mol. The van der Waals surface area contributed by atoms with Crippen molar-refractivity contribution in [1.82, 2.24) is 0 Å². The van der Waals surface area contributed by atoms with Crippen molar-refractivity contribution in [1.29, 1.82) is 0 Å². The van der Waals surface area contributed by atoms with Crippen molar-refractivity contribution in [2.75, 3.05) is 5.32 Å². The fraction of sp³-hybridized carbons (Fsp3) is 0.0667. The number of carbonyl (C=O) groups is 2. The first-order chi connectivity index (χ1) is 9.90. The van der Waals surface area contributed by atoms with E-state index < -0.39 is 17.7 Å². The van der Waals surface area contributed by atoms with Gasteiger partial charge in [0, 0.05) is 10.0 Å². The van der Waals surface area contributed by atoms with E-state index in [1.165, 1.54) is 18.2 Å². The zero-order valence-electron chi connectivity index (χ0n) is 11.0. The molecule has 21 heavy (non-hydrogen) atoms. The molecule has 2 aromatic carbocycles. The third kappa shape index (κ3) is 3.28. The van der Waals surface area contributed by atoms with Crippen LogP contribution in [-0.2, 0) is 0 Å². The average Bonchev–Trinajstić information content (AvgIpc) is 2.43. The highest BCUT2D eigenvalue weighted by atomic mass is 79.9. The van der Waals surface area contributed by atoms with Gasteiger partial charge in [-0.2, -0.15) is 0 Å². The number of carboxylic acid groups (broad SMARTS) is 1. The quantitative estimate of drug-likeness (QED) is 0.882. The van der Waals surface area contributed by atoms with Crippen LogP contribution in [-0.4, -0.2) is 17.0 Å². The van der Waals surface area contributed by atoms with Gasteiger partial charge < -0.3 is 10.4 Å². The van der Waals surface area contributed by atoms with Gasteiger partial charge in [0.2, 0.25) is 0 Å². The van der Waals surface area contributed by atoms with Gasteiger partial charge in [-0.25, -0.2) is 9.18 Å². The molecule has 0 radical (unpaired) electrons. The van der Waals surface area contributed by atoms with Gasteiger partial charge in [-0.1, -0.05) is 12.1 Å². The van der Waals surface area contributed by atoms with Crippen molar-refractivity contribution in [3.63, 3.8) is 0 Å². The van der Waals surface area contributed by atoms with Crippen molar-refractivity contribution in [3.05, 3.63) is 63.4 Å². The smallest absolute Gasteiger partial charge is 0.337 e. The van der Waals surface area contributed by atoms with Crippen LogP contribution in [0.3, 0.4) is 0 Å². The number of aromatic carboxylic acids is 1. The van der Waals surface area contributed by atoms with Crippen LogP contribution in [0.25, 0.3) is 0 Å². The van der Waals surface area contributed by atoms with E-state index in [4.69, 9.17) is 5.11 Å². The Morgan fingerprint density at radius 2 is 1.95 bits per heavy atom. The number of nitrogens with one attached hydrogen (secondary N) is 1. The minimum Gasteiger partial charge on any atom is -0.478 e. The number of aryl methyl sites for hydroxylation is 1. The third-order valence-electron chi connectivity index (χ3n) is 2.92. The molecule has 108 valence electrons. The molecule has 0 bridgehead atoms. The van der Waals surface area contributed by atoms with Gasteiger partial charge in [-0.15, -0.1) is 0 Å². The summed E-state index contributed by atoms with van der Waals surface area (Å²) in [5.74, 6) is -2.24. The molecule has 0 fully saturated rings. The molecule has 0 saturated heterocycles. The summed E-state index contributed by atoms with van der Waals surface area (Å²) in [6.07, 6.45) is 0. The normalized spacial score (nSPS) is 10.2. The lowest BCUT2D eigenvalue weighted by molar-refractivity contribution is 0.0698. The number of hydrogen-bond donors (Lipinski definition) is 2. The van der Waals surface area contributed by atoms with Crippen LogP contribution >= 0.6 is 15.9 Å². The maximum absolute atomic E-state index is 13.5. The van der Waals surface area contributed by atoms with E-state index in [0.717, 1.165) is 6.07 Å². The second kappa shape index (κ2) is 6.05. The van der Waals surface area contributed by atoms with Crippen LogP contribution in [0.15, 0.2) is 40.9 Å². The lowest BCUT2D eigenvalue weighted by Gasteiger charge is -2.11. The van der Waals surface area contributed by atoms with Crippen LogP contribution in [0.5, 0.6) is 0 Å². The Balaban J connectivity index is 2.36. The summed E-state index contributed by atoms with van der Waals surface area (Å²) in [5, 5.41) is 11.6. The van der Waals surface area contributed by atoms with Gasteiger partial charge in [-0.05, 0) is 52.7 Å². The van der Waals surface area contributed by atoms with Crippen LogP contribution in [0, 0.1) is 12.7 Å². The summed E-state index contributed by atoms with van der Waals surface area (Å²) in [6.45, 7) is 1.59. The van der Waals surface area contributed by atoms with E-state index in [-0.39, 0.29) is 16.8 Å². The second-order valence-electron chi connectivity index (χ2n) is 4.39. The van der Waals surface area contributed by atoms with Crippen molar-refractivity contribution >= 4 is 33.5 Å². The summed E-state index contributed by atoms with van der Waals surface area (Å²) in [7, 11) is 0. The monoisotopic (exact) mass is 351 g/mol. The zero-order valence-corrected chi connectivity index (χ0v) is 12.6. The molecule has 2 aromatic rings.